The Morgan fingerprint density at radius 1 is 1.39 bits per heavy atom. The van der Waals surface area contributed by atoms with Crippen molar-refractivity contribution in [1.82, 2.24) is 9.55 Å². The van der Waals surface area contributed by atoms with Gasteiger partial charge in [-0.3, -0.25) is 0 Å². The molecule has 96 valence electrons. The summed E-state index contributed by atoms with van der Waals surface area (Å²) in [5.41, 5.74) is 1.84. The molecular weight excluding hydrogens is 230 g/mol. The van der Waals surface area contributed by atoms with Gasteiger partial charge in [-0.2, -0.15) is 0 Å². The zero-order chi connectivity index (χ0) is 13.3. The van der Waals surface area contributed by atoms with Crippen LogP contribution in [0.25, 0.3) is 11.0 Å². The van der Waals surface area contributed by atoms with Gasteiger partial charge >= 0.3 is 5.97 Å². The fraction of sp³-hybridized carbons (Fsp3) is 0.385. The van der Waals surface area contributed by atoms with E-state index in [1.807, 2.05) is 49.7 Å². The Labute approximate surface area is 105 Å². The summed E-state index contributed by atoms with van der Waals surface area (Å²) in [4.78, 5) is 15.6. The molecular formula is C13H17N3O2. The average molecular weight is 247 g/mol. The molecule has 0 amide bonds. The number of carboxylic acid groups (broad SMARTS) is 1. The first-order chi connectivity index (χ1) is 8.50. The van der Waals surface area contributed by atoms with E-state index < -0.39 is 12.0 Å². The fourth-order valence-electron chi connectivity index (χ4n) is 1.93. The average Bonchev–Trinajstić information content (AvgIpc) is 2.63. The van der Waals surface area contributed by atoms with Crippen molar-refractivity contribution < 1.29 is 9.90 Å². The van der Waals surface area contributed by atoms with Gasteiger partial charge in [0, 0.05) is 7.05 Å². The highest BCUT2D eigenvalue weighted by molar-refractivity contribution is 5.81. The Hall–Kier alpha value is -2.04. The van der Waals surface area contributed by atoms with Crippen molar-refractivity contribution in [3.63, 3.8) is 0 Å². The maximum absolute atomic E-state index is 11.2. The van der Waals surface area contributed by atoms with Gasteiger partial charge in [0.25, 0.3) is 0 Å². The molecule has 0 aliphatic heterocycles. The highest BCUT2D eigenvalue weighted by atomic mass is 16.4. The van der Waals surface area contributed by atoms with Gasteiger partial charge in [0.1, 0.15) is 6.04 Å². The van der Waals surface area contributed by atoms with Crippen LogP contribution in [0.1, 0.15) is 13.8 Å². The van der Waals surface area contributed by atoms with Gasteiger partial charge in [-0.1, -0.05) is 26.0 Å². The van der Waals surface area contributed by atoms with Crippen LogP contribution < -0.4 is 5.32 Å². The number of nitrogens with zero attached hydrogens (tertiary/aromatic N) is 2. The Bertz CT molecular complexity index is 575. The summed E-state index contributed by atoms with van der Waals surface area (Å²) < 4.78 is 1.87. The van der Waals surface area contributed by atoms with Gasteiger partial charge in [0.15, 0.2) is 0 Å². The molecule has 0 fully saturated rings. The van der Waals surface area contributed by atoms with E-state index in [1.54, 1.807) is 0 Å². The van der Waals surface area contributed by atoms with Crippen LogP contribution in [0.15, 0.2) is 24.3 Å². The molecule has 1 atom stereocenters. The second kappa shape index (κ2) is 4.68. The number of hydrogen-bond acceptors (Lipinski definition) is 3. The molecule has 0 unspecified atom stereocenters. The number of nitrogens with one attached hydrogen (secondary N) is 1. The number of aromatic nitrogens is 2. The van der Waals surface area contributed by atoms with Crippen LogP contribution in [0.4, 0.5) is 5.95 Å². The lowest BCUT2D eigenvalue weighted by atomic mass is 10.1. The normalized spacial score (nSPS) is 12.9. The lowest BCUT2D eigenvalue weighted by Crippen LogP contribution is -2.35. The Balaban J connectivity index is 2.36. The van der Waals surface area contributed by atoms with E-state index in [9.17, 15) is 9.90 Å². The molecule has 5 heteroatoms. The van der Waals surface area contributed by atoms with Crippen LogP contribution >= 0.6 is 0 Å². The lowest BCUT2D eigenvalue weighted by molar-refractivity contribution is -0.138. The van der Waals surface area contributed by atoms with Gasteiger partial charge < -0.3 is 15.0 Å². The van der Waals surface area contributed by atoms with Crippen molar-refractivity contribution in [1.29, 1.82) is 0 Å². The molecule has 0 spiro atoms. The van der Waals surface area contributed by atoms with Crippen molar-refractivity contribution >= 4 is 23.0 Å². The number of fused-ring (bicyclic) bond motifs is 1. The first kappa shape index (κ1) is 12.4. The molecule has 2 aromatic rings. The van der Waals surface area contributed by atoms with E-state index in [2.05, 4.69) is 10.3 Å². The summed E-state index contributed by atoms with van der Waals surface area (Å²) in [6.07, 6.45) is 0. The number of anilines is 1. The summed E-state index contributed by atoms with van der Waals surface area (Å²) in [5.74, 6) is -0.295. The molecule has 1 aromatic heterocycles. The quantitative estimate of drug-likeness (QED) is 0.868. The standard InChI is InChI=1S/C13H17N3O2/c1-8(2)11(12(17)18)15-13-14-9-6-4-5-7-10(9)16(13)3/h4-8,11H,1-3H3,(H,14,15)(H,17,18)/t11-/m0/s1. The van der Waals surface area contributed by atoms with Crippen LogP contribution in [0.3, 0.4) is 0 Å². The van der Waals surface area contributed by atoms with Crippen molar-refractivity contribution in [3.8, 4) is 0 Å². The van der Waals surface area contributed by atoms with E-state index in [-0.39, 0.29) is 5.92 Å². The predicted octanol–water partition coefficient (Wildman–Crippen LogP) is 2.09. The highest BCUT2D eigenvalue weighted by Crippen LogP contribution is 2.19. The third-order valence-electron chi connectivity index (χ3n) is 3.00. The molecule has 5 nitrogen and oxygen atoms in total. The Kier molecular flexibility index (Phi) is 3.23. The zero-order valence-electron chi connectivity index (χ0n) is 10.7. The minimum atomic E-state index is -0.864. The van der Waals surface area contributed by atoms with Gasteiger partial charge in [0.05, 0.1) is 11.0 Å². The minimum Gasteiger partial charge on any atom is -0.480 e. The third-order valence-corrected chi connectivity index (χ3v) is 3.00. The fourth-order valence-corrected chi connectivity index (χ4v) is 1.93. The number of aryl methyl sites for hydroxylation is 1. The van der Waals surface area contributed by atoms with Gasteiger partial charge in [-0.15, -0.1) is 0 Å². The second-order valence-corrected chi connectivity index (χ2v) is 4.69. The first-order valence-electron chi connectivity index (χ1n) is 5.91. The molecule has 2 N–H and O–H groups in total. The summed E-state index contributed by atoms with van der Waals surface area (Å²) in [6.45, 7) is 3.74. The highest BCUT2D eigenvalue weighted by Gasteiger charge is 2.23. The number of carbonyl (C=O) groups is 1. The molecule has 0 bridgehead atoms. The number of aliphatic carboxylic acids is 1. The van der Waals surface area contributed by atoms with Gasteiger partial charge in [-0.25, -0.2) is 9.78 Å². The van der Waals surface area contributed by atoms with Crippen LogP contribution in [-0.2, 0) is 11.8 Å². The first-order valence-corrected chi connectivity index (χ1v) is 5.91. The monoisotopic (exact) mass is 247 g/mol. The summed E-state index contributed by atoms with van der Waals surface area (Å²) in [5, 5.41) is 12.2. The summed E-state index contributed by atoms with van der Waals surface area (Å²) in [6, 6.07) is 7.08. The SMILES string of the molecule is CC(C)[C@H](Nc1nc2ccccc2n1C)C(=O)O. The maximum atomic E-state index is 11.2. The van der Waals surface area contributed by atoms with E-state index in [4.69, 9.17) is 0 Å². The smallest absolute Gasteiger partial charge is 0.326 e. The van der Waals surface area contributed by atoms with Crippen LogP contribution in [0, 0.1) is 5.92 Å². The van der Waals surface area contributed by atoms with Gasteiger partial charge in [-0.05, 0) is 18.1 Å². The number of para-hydroxylation sites is 2. The second-order valence-electron chi connectivity index (χ2n) is 4.69. The maximum Gasteiger partial charge on any atom is 0.326 e. The van der Waals surface area contributed by atoms with Crippen molar-refractivity contribution in [2.75, 3.05) is 5.32 Å². The van der Waals surface area contributed by atoms with Crippen molar-refractivity contribution in [2.24, 2.45) is 13.0 Å². The number of hydrogen-bond donors (Lipinski definition) is 2. The van der Waals surface area contributed by atoms with Crippen molar-refractivity contribution in [3.05, 3.63) is 24.3 Å². The molecule has 0 aliphatic carbocycles. The summed E-state index contributed by atoms with van der Waals surface area (Å²) in [7, 11) is 1.87. The Morgan fingerprint density at radius 2 is 2.06 bits per heavy atom. The van der Waals surface area contributed by atoms with E-state index in [1.165, 1.54) is 0 Å². The molecule has 18 heavy (non-hydrogen) atoms. The number of carboxylic acids is 1. The molecule has 0 radical (unpaired) electrons. The van der Waals surface area contributed by atoms with Crippen LogP contribution in [-0.4, -0.2) is 26.7 Å². The predicted molar refractivity (Wildman–Crippen MR) is 70.6 cm³/mol. The molecule has 0 saturated heterocycles. The van der Waals surface area contributed by atoms with E-state index >= 15 is 0 Å². The third kappa shape index (κ3) is 2.16. The molecule has 0 saturated carbocycles. The molecule has 1 aromatic carbocycles. The summed E-state index contributed by atoms with van der Waals surface area (Å²) >= 11 is 0. The van der Waals surface area contributed by atoms with E-state index in [0.29, 0.717) is 5.95 Å². The van der Waals surface area contributed by atoms with Crippen LogP contribution in [0.5, 0.6) is 0 Å². The zero-order valence-corrected chi connectivity index (χ0v) is 10.7. The topological polar surface area (TPSA) is 67.2 Å². The molecule has 1 heterocycles. The van der Waals surface area contributed by atoms with Gasteiger partial charge in [0.2, 0.25) is 5.95 Å². The van der Waals surface area contributed by atoms with E-state index in [0.717, 1.165) is 11.0 Å². The number of benzene rings is 1. The number of imidazole rings is 1. The van der Waals surface area contributed by atoms with Crippen LogP contribution in [0.2, 0.25) is 0 Å². The lowest BCUT2D eigenvalue weighted by Gasteiger charge is -2.18. The van der Waals surface area contributed by atoms with Crippen molar-refractivity contribution in [2.45, 2.75) is 19.9 Å². The molecule has 2 rings (SSSR count). The largest absolute Gasteiger partial charge is 0.480 e. The molecule has 0 aliphatic rings. The number of rotatable bonds is 4. The Morgan fingerprint density at radius 3 is 2.61 bits per heavy atom. The minimum absolute atomic E-state index is 0.0117.